The molecule has 1 aliphatic heterocycles. The maximum atomic E-state index is 13.3. The molecule has 2 unspecified atom stereocenters. The summed E-state index contributed by atoms with van der Waals surface area (Å²) in [6.07, 6.45) is 1.73. The van der Waals surface area contributed by atoms with Gasteiger partial charge in [-0.2, -0.15) is 0 Å². The predicted octanol–water partition coefficient (Wildman–Crippen LogP) is 3.01. The van der Waals surface area contributed by atoms with Crippen LogP contribution in [0.4, 0.5) is 5.82 Å². The van der Waals surface area contributed by atoms with Crippen molar-refractivity contribution < 1.29 is 28.4 Å². The Labute approximate surface area is 198 Å². The van der Waals surface area contributed by atoms with Gasteiger partial charge in [-0.05, 0) is 18.1 Å². The molecule has 1 amide bonds. The molecule has 1 fully saturated rings. The molecule has 0 spiro atoms. The zero-order valence-corrected chi connectivity index (χ0v) is 19.4. The highest BCUT2D eigenvalue weighted by Gasteiger charge is 2.45. The second kappa shape index (κ2) is 9.79. The van der Waals surface area contributed by atoms with Crippen LogP contribution in [0, 0.1) is 6.92 Å². The summed E-state index contributed by atoms with van der Waals surface area (Å²) >= 11 is 0. The standard InChI is InChI=1S/C26H29N3O5/c1-19-16-23(28-34-19)27-24(30)17-29(2)15-9-14-22(29)18-33-25(31)26(32,20-10-5-3-6-11-20)21-12-7-4-8-13-21/h3-8,10-13,16,22,32H,9,14-15,17-18H2,1-2H3/p+1. The molecule has 2 atom stereocenters. The van der Waals surface area contributed by atoms with Crippen molar-refractivity contribution in [2.75, 3.05) is 32.1 Å². The zero-order chi connectivity index (χ0) is 24.2. The average molecular weight is 465 g/mol. The Hall–Kier alpha value is -3.49. The van der Waals surface area contributed by atoms with Crippen LogP contribution in [-0.4, -0.2) is 59.4 Å². The first-order valence-electron chi connectivity index (χ1n) is 11.4. The molecule has 0 radical (unpaired) electrons. The number of ether oxygens (including phenoxy) is 1. The minimum absolute atomic E-state index is 0.0652. The lowest BCUT2D eigenvalue weighted by Gasteiger charge is -2.35. The minimum Gasteiger partial charge on any atom is -0.457 e. The number of carbonyl (C=O) groups excluding carboxylic acids is 2. The van der Waals surface area contributed by atoms with Crippen molar-refractivity contribution in [1.29, 1.82) is 0 Å². The molecule has 2 N–H and O–H groups in total. The number of esters is 1. The van der Waals surface area contributed by atoms with Crippen molar-refractivity contribution in [3.63, 3.8) is 0 Å². The fraction of sp³-hybridized carbons (Fsp3) is 0.346. The number of benzene rings is 2. The molecule has 3 aromatic rings. The molecule has 0 saturated carbocycles. The first kappa shape index (κ1) is 23.7. The molecule has 1 aromatic heterocycles. The molecular formula is C26H30N3O5+. The number of likely N-dealkylation sites (N-methyl/N-ethyl adjacent to an activating group) is 1. The minimum atomic E-state index is -1.92. The molecule has 8 nitrogen and oxygen atoms in total. The summed E-state index contributed by atoms with van der Waals surface area (Å²) in [7, 11) is 1.99. The predicted molar refractivity (Wildman–Crippen MR) is 126 cm³/mol. The smallest absolute Gasteiger partial charge is 0.347 e. The number of carbonyl (C=O) groups is 2. The largest absolute Gasteiger partial charge is 0.457 e. The topological polar surface area (TPSA) is 102 Å². The fourth-order valence-electron chi connectivity index (χ4n) is 4.63. The Morgan fingerprint density at radius 2 is 1.76 bits per heavy atom. The Balaban J connectivity index is 1.46. The molecule has 8 heteroatoms. The van der Waals surface area contributed by atoms with Crippen LogP contribution in [0.25, 0.3) is 0 Å². The quantitative estimate of drug-likeness (QED) is 0.393. The van der Waals surface area contributed by atoms with Gasteiger partial charge >= 0.3 is 5.97 Å². The Morgan fingerprint density at radius 3 is 2.32 bits per heavy atom. The lowest BCUT2D eigenvalue weighted by atomic mass is 9.86. The maximum absolute atomic E-state index is 13.3. The SMILES string of the molecule is Cc1cc(NC(=O)C[N+]2(C)CCCC2COC(=O)C(O)(c2ccccc2)c2ccccc2)no1. The van der Waals surface area contributed by atoms with E-state index < -0.39 is 11.6 Å². The normalized spacial score (nSPS) is 20.1. The van der Waals surface area contributed by atoms with E-state index in [4.69, 9.17) is 9.26 Å². The lowest BCUT2D eigenvalue weighted by Crippen LogP contribution is -2.54. The highest BCUT2D eigenvalue weighted by Crippen LogP contribution is 2.32. The number of anilines is 1. The molecule has 178 valence electrons. The summed E-state index contributed by atoms with van der Waals surface area (Å²) in [6.45, 7) is 2.87. The molecule has 0 aliphatic carbocycles. The van der Waals surface area contributed by atoms with Crippen LogP contribution in [0.15, 0.2) is 71.3 Å². The first-order valence-corrected chi connectivity index (χ1v) is 11.4. The lowest BCUT2D eigenvalue weighted by molar-refractivity contribution is -0.913. The van der Waals surface area contributed by atoms with Crippen molar-refractivity contribution >= 4 is 17.7 Å². The van der Waals surface area contributed by atoms with Crippen LogP contribution in [0.2, 0.25) is 0 Å². The van der Waals surface area contributed by atoms with E-state index in [1.165, 1.54) is 0 Å². The van der Waals surface area contributed by atoms with E-state index >= 15 is 0 Å². The third-order valence-corrected chi connectivity index (χ3v) is 6.57. The van der Waals surface area contributed by atoms with Gasteiger partial charge in [0.25, 0.3) is 5.91 Å². The number of amides is 1. The number of likely N-dealkylation sites (tertiary alicyclic amines) is 1. The number of rotatable bonds is 8. The van der Waals surface area contributed by atoms with Crippen molar-refractivity contribution in [2.24, 2.45) is 0 Å². The summed E-state index contributed by atoms with van der Waals surface area (Å²) in [5.41, 5.74) is -1.04. The van der Waals surface area contributed by atoms with Crippen LogP contribution in [0.3, 0.4) is 0 Å². The molecule has 2 heterocycles. The Morgan fingerprint density at radius 1 is 1.15 bits per heavy atom. The monoisotopic (exact) mass is 464 g/mol. The van der Waals surface area contributed by atoms with Crippen LogP contribution < -0.4 is 5.32 Å². The summed E-state index contributed by atoms with van der Waals surface area (Å²) in [5, 5.41) is 18.1. The number of nitrogens with zero attached hydrogens (tertiary/aromatic N) is 2. The Kier molecular flexibility index (Phi) is 6.81. The zero-order valence-electron chi connectivity index (χ0n) is 19.4. The van der Waals surface area contributed by atoms with Gasteiger partial charge in [0, 0.05) is 18.9 Å². The van der Waals surface area contributed by atoms with Crippen molar-refractivity contribution in [1.82, 2.24) is 5.16 Å². The summed E-state index contributed by atoms with van der Waals surface area (Å²) < 4.78 is 11.2. The van der Waals surface area contributed by atoms with Gasteiger partial charge in [-0.1, -0.05) is 65.8 Å². The molecule has 0 bridgehead atoms. The van der Waals surface area contributed by atoms with Crippen molar-refractivity contribution in [3.05, 3.63) is 83.6 Å². The number of hydrogen-bond donors (Lipinski definition) is 2. The fourth-order valence-corrected chi connectivity index (χ4v) is 4.63. The van der Waals surface area contributed by atoms with Gasteiger partial charge in [-0.15, -0.1) is 0 Å². The average Bonchev–Trinajstić information content (AvgIpc) is 3.42. The molecule has 34 heavy (non-hydrogen) atoms. The van der Waals surface area contributed by atoms with Crippen LogP contribution in [0.5, 0.6) is 0 Å². The van der Waals surface area contributed by atoms with Gasteiger partial charge in [0.05, 0.1) is 13.6 Å². The number of aromatic nitrogens is 1. The summed E-state index contributed by atoms with van der Waals surface area (Å²) in [6, 6.07) is 19.2. The molecule has 2 aromatic carbocycles. The second-order valence-corrected chi connectivity index (χ2v) is 9.07. The third kappa shape index (κ3) is 4.88. The number of nitrogens with one attached hydrogen (secondary N) is 1. The molecule has 1 saturated heterocycles. The highest BCUT2D eigenvalue weighted by atomic mass is 16.6. The van der Waals surface area contributed by atoms with Gasteiger partial charge in [-0.25, -0.2) is 4.79 Å². The van der Waals surface area contributed by atoms with Gasteiger partial charge in [-0.3, -0.25) is 4.79 Å². The van der Waals surface area contributed by atoms with E-state index in [0.29, 0.717) is 27.2 Å². The van der Waals surface area contributed by atoms with Crippen LogP contribution >= 0.6 is 0 Å². The van der Waals surface area contributed by atoms with E-state index in [2.05, 4.69) is 10.5 Å². The summed E-state index contributed by atoms with van der Waals surface area (Å²) in [5.74, 6) is 0.0861. The van der Waals surface area contributed by atoms with Gasteiger partial charge in [0.2, 0.25) is 5.60 Å². The first-order chi connectivity index (χ1) is 16.3. The van der Waals surface area contributed by atoms with Gasteiger partial charge in [0.15, 0.2) is 12.4 Å². The van der Waals surface area contributed by atoms with Gasteiger partial charge < -0.3 is 24.2 Å². The van der Waals surface area contributed by atoms with Crippen molar-refractivity contribution in [3.8, 4) is 0 Å². The number of quaternary nitrogens is 1. The van der Waals surface area contributed by atoms with Gasteiger partial charge in [0.1, 0.15) is 18.4 Å². The number of aliphatic hydroxyl groups is 1. The highest BCUT2D eigenvalue weighted by molar-refractivity contribution is 5.90. The van der Waals surface area contributed by atoms with Crippen molar-refractivity contribution in [2.45, 2.75) is 31.4 Å². The van der Waals surface area contributed by atoms with Crippen LogP contribution in [-0.2, 0) is 19.9 Å². The van der Waals surface area contributed by atoms with E-state index in [1.54, 1.807) is 61.5 Å². The molecular weight excluding hydrogens is 434 g/mol. The molecule has 1 aliphatic rings. The van der Waals surface area contributed by atoms with E-state index in [1.807, 2.05) is 19.2 Å². The molecule has 4 rings (SSSR count). The maximum Gasteiger partial charge on any atom is 0.347 e. The Bertz CT molecular complexity index is 1090. The van der Waals surface area contributed by atoms with Crippen LogP contribution in [0.1, 0.15) is 29.7 Å². The van der Waals surface area contributed by atoms with E-state index in [-0.39, 0.29) is 25.1 Å². The number of aryl methyl sites for hydroxylation is 1. The third-order valence-electron chi connectivity index (χ3n) is 6.57. The second-order valence-electron chi connectivity index (χ2n) is 9.07. The van der Waals surface area contributed by atoms with E-state index in [9.17, 15) is 14.7 Å². The van der Waals surface area contributed by atoms with E-state index in [0.717, 1.165) is 19.4 Å². The number of hydrogen-bond acceptors (Lipinski definition) is 6. The summed E-state index contributed by atoms with van der Waals surface area (Å²) in [4.78, 5) is 26.0.